The Kier molecular flexibility index (Phi) is 4.42. The molecule has 1 aromatic carbocycles. The summed E-state index contributed by atoms with van der Waals surface area (Å²) < 4.78 is 0. The maximum Gasteiger partial charge on any atom is 0.239 e. The molecule has 2 aromatic rings. The Morgan fingerprint density at radius 3 is 2.70 bits per heavy atom. The molecule has 20 heavy (non-hydrogen) atoms. The quantitative estimate of drug-likeness (QED) is 0.670. The van der Waals surface area contributed by atoms with Gasteiger partial charge in [-0.15, -0.1) is 0 Å². The lowest BCUT2D eigenvalue weighted by Crippen LogP contribution is -2.24. The van der Waals surface area contributed by atoms with Gasteiger partial charge in [0, 0.05) is 23.8 Å². The van der Waals surface area contributed by atoms with E-state index in [0.29, 0.717) is 5.95 Å². The van der Waals surface area contributed by atoms with Gasteiger partial charge in [-0.2, -0.15) is 4.98 Å². The first kappa shape index (κ1) is 14.6. The lowest BCUT2D eigenvalue weighted by atomic mass is 10.1. The molecule has 3 N–H and O–H groups in total. The van der Waals surface area contributed by atoms with E-state index in [1.807, 2.05) is 38.2 Å². The van der Waals surface area contributed by atoms with Crippen LogP contribution in [0.25, 0.3) is 0 Å². The number of benzene rings is 1. The van der Waals surface area contributed by atoms with Crippen LogP contribution in [0.15, 0.2) is 30.5 Å². The maximum atomic E-state index is 6.26. The van der Waals surface area contributed by atoms with Crippen LogP contribution in [0.4, 0.5) is 11.8 Å². The third-order valence-electron chi connectivity index (χ3n) is 3.34. The Bertz CT molecular complexity index is 602. The molecule has 0 amide bonds. The largest absolute Gasteiger partial charge is 0.352 e. The summed E-state index contributed by atoms with van der Waals surface area (Å²) in [5, 5.41) is 0.746. The van der Waals surface area contributed by atoms with Crippen LogP contribution in [-0.4, -0.2) is 17.0 Å². The summed E-state index contributed by atoms with van der Waals surface area (Å²) in [6, 6.07) is 7.89. The molecule has 5 nitrogen and oxygen atoms in total. The minimum atomic E-state index is 0.0860. The van der Waals surface area contributed by atoms with E-state index in [-0.39, 0.29) is 6.04 Å². The molecule has 106 valence electrons. The van der Waals surface area contributed by atoms with Crippen LogP contribution in [-0.2, 0) is 0 Å². The van der Waals surface area contributed by atoms with Crippen molar-refractivity contribution in [3.8, 4) is 0 Å². The summed E-state index contributed by atoms with van der Waals surface area (Å²) in [5.74, 6) is 6.58. The zero-order chi connectivity index (χ0) is 14.7. The van der Waals surface area contributed by atoms with E-state index < -0.39 is 0 Å². The molecular formula is C14H18ClN5. The number of aryl methyl sites for hydroxylation is 1. The predicted molar refractivity (Wildman–Crippen MR) is 82.8 cm³/mol. The van der Waals surface area contributed by atoms with Gasteiger partial charge in [0.05, 0.1) is 6.04 Å². The number of nitrogen functional groups attached to an aromatic ring is 1. The summed E-state index contributed by atoms with van der Waals surface area (Å²) in [4.78, 5) is 10.5. The molecule has 0 fully saturated rings. The second kappa shape index (κ2) is 6.07. The fourth-order valence-corrected chi connectivity index (χ4v) is 2.36. The van der Waals surface area contributed by atoms with Gasteiger partial charge in [0.2, 0.25) is 5.95 Å². The van der Waals surface area contributed by atoms with Crippen molar-refractivity contribution in [3.63, 3.8) is 0 Å². The van der Waals surface area contributed by atoms with Crippen LogP contribution in [0.3, 0.4) is 0 Å². The molecule has 1 atom stereocenters. The van der Waals surface area contributed by atoms with Gasteiger partial charge in [-0.3, -0.25) is 5.43 Å². The molecule has 0 aliphatic heterocycles. The number of rotatable bonds is 4. The van der Waals surface area contributed by atoms with Crippen molar-refractivity contribution >= 4 is 23.4 Å². The summed E-state index contributed by atoms with van der Waals surface area (Å²) >= 11 is 6.26. The van der Waals surface area contributed by atoms with Gasteiger partial charge in [-0.25, -0.2) is 10.8 Å². The van der Waals surface area contributed by atoms with Crippen LogP contribution >= 0.6 is 11.6 Å². The first-order valence-electron chi connectivity index (χ1n) is 6.32. The van der Waals surface area contributed by atoms with Crippen molar-refractivity contribution in [1.29, 1.82) is 0 Å². The van der Waals surface area contributed by atoms with Gasteiger partial charge in [0.1, 0.15) is 5.82 Å². The van der Waals surface area contributed by atoms with E-state index in [0.717, 1.165) is 22.0 Å². The summed E-state index contributed by atoms with van der Waals surface area (Å²) in [7, 11) is 1.98. The molecule has 0 radical (unpaired) electrons. The molecule has 1 aromatic heterocycles. The van der Waals surface area contributed by atoms with Crippen LogP contribution < -0.4 is 16.2 Å². The molecule has 0 spiro atoms. The summed E-state index contributed by atoms with van der Waals surface area (Å²) in [6.45, 7) is 4.05. The van der Waals surface area contributed by atoms with Crippen LogP contribution in [0.1, 0.15) is 24.1 Å². The second-order valence-electron chi connectivity index (χ2n) is 4.65. The highest BCUT2D eigenvalue weighted by atomic mass is 35.5. The fraction of sp³-hybridized carbons (Fsp3) is 0.286. The first-order chi connectivity index (χ1) is 9.54. The number of halogens is 1. The lowest BCUT2D eigenvalue weighted by molar-refractivity contribution is 0.724. The van der Waals surface area contributed by atoms with Crippen molar-refractivity contribution < 1.29 is 0 Å². The number of hydrogen-bond acceptors (Lipinski definition) is 5. The SMILES string of the molecule is Cc1cnc(NN)nc1N(C)C(C)c1ccccc1Cl. The van der Waals surface area contributed by atoms with Crippen LogP contribution in [0.2, 0.25) is 5.02 Å². The fourth-order valence-electron chi connectivity index (χ4n) is 2.07. The molecule has 1 unspecified atom stereocenters. The third kappa shape index (κ3) is 2.84. The number of nitrogens with two attached hydrogens (primary N) is 1. The van der Waals surface area contributed by atoms with Crippen LogP contribution in [0, 0.1) is 6.92 Å². The van der Waals surface area contributed by atoms with Crippen molar-refractivity contribution in [2.24, 2.45) is 5.84 Å². The highest BCUT2D eigenvalue weighted by Gasteiger charge is 2.18. The Hall–Kier alpha value is -1.85. The second-order valence-corrected chi connectivity index (χ2v) is 5.06. The van der Waals surface area contributed by atoms with Gasteiger partial charge >= 0.3 is 0 Å². The summed E-state index contributed by atoms with van der Waals surface area (Å²) in [5.41, 5.74) is 4.49. The van der Waals surface area contributed by atoms with E-state index in [9.17, 15) is 0 Å². The number of nitrogens with zero attached hydrogens (tertiary/aromatic N) is 3. The Morgan fingerprint density at radius 1 is 1.35 bits per heavy atom. The van der Waals surface area contributed by atoms with Gasteiger partial charge < -0.3 is 4.90 Å². The minimum Gasteiger partial charge on any atom is -0.352 e. The van der Waals surface area contributed by atoms with Crippen molar-refractivity contribution in [1.82, 2.24) is 9.97 Å². The van der Waals surface area contributed by atoms with Crippen molar-refractivity contribution in [2.45, 2.75) is 19.9 Å². The molecule has 0 bridgehead atoms. The Morgan fingerprint density at radius 2 is 2.05 bits per heavy atom. The molecule has 1 heterocycles. The molecule has 0 saturated carbocycles. The van der Waals surface area contributed by atoms with Crippen molar-refractivity contribution in [2.75, 3.05) is 17.4 Å². The standard InChI is InChI=1S/C14H18ClN5/c1-9-8-17-14(19-16)18-13(9)20(3)10(2)11-6-4-5-7-12(11)15/h4-8,10H,16H2,1-3H3,(H,17,18,19). The third-order valence-corrected chi connectivity index (χ3v) is 3.69. The molecule has 6 heteroatoms. The van der Waals surface area contributed by atoms with E-state index >= 15 is 0 Å². The maximum absolute atomic E-state index is 6.26. The number of anilines is 2. The van der Waals surface area contributed by atoms with E-state index in [4.69, 9.17) is 17.4 Å². The smallest absolute Gasteiger partial charge is 0.239 e. The minimum absolute atomic E-state index is 0.0860. The van der Waals surface area contributed by atoms with Gasteiger partial charge in [-0.1, -0.05) is 29.8 Å². The highest BCUT2D eigenvalue weighted by molar-refractivity contribution is 6.31. The molecule has 0 aliphatic carbocycles. The average Bonchev–Trinajstić information content (AvgIpc) is 2.47. The highest BCUT2D eigenvalue weighted by Crippen LogP contribution is 2.30. The van der Waals surface area contributed by atoms with Crippen LogP contribution in [0.5, 0.6) is 0 Å². The summed E-state index contributed by atoms with van der Waals surface area (Å²) in [6.07, 6.45) is 1.74. The van der Waals surface area contributed by atoms with Gasteiger partial charge in [0.15, 0.2) is 0 Å². The molecule has 0 aliphatic rings. The number of aromatic nitrogens is 2. The number of hydrogen-bond donors (Lipinski definition) is 2. The monoisotopic (exact) mass is 291 g/mol. The van der Waals surface area contributed by atoms with Gasteiger partial charge in [-0.05, 0) is 25.5 Å². The van der Waals surface area contributed by atoms with E-state index in [2.05, 4.69) is 27.2 Å². The topological polar surface area (TPSA) is 67.1 Å². The molecule has 0 saturated heterocycles. The number of hydrazine groups is 1. The normalized spacial score (nSPS) is 12.1. The van der Waals surface area contributed by atoms with Crippen molar-refractivity contribution in [3.05, 3.63) is 46.6 Å². The zero-order valence-corrected chi connectivity index (χ0v) is 12.5. The predicted octanol–water partition coefficient (Wildman–Crippen LogP) is 2.92. The zero-order valence-electron chi connectivity index (χ0n) is 11.8. The molecular weight excluding hydrogens is 274 g/mol. The van der Waals surface area contributed by atoms with E-state index in [1.54, 1.807) is 6.20 Å². The Balaban J connectivity index is 2.36. The lowest BCUT2D eigenvalue weighted by Gasteiger charge is -2.28. The van der Waals surface area contributed by atoms with Gasteiger partial charge in [0.25, 0.3) is 0 Å². The first-order valence-corrected chi connectivity index (χ1v) is 6.70. The van der Waals surface area contributed by atoms with E-state index in [1.165, 1.54) is 0 Å². The average molecular weight is 292 g/mol. The Labute approximate surface area is 123 Å². The molecule has 2 rings (SSSR count). The number of nitrogens with one attached hydrogen (secondary N) is 1.